The van der Waals surface area contributed by atoms with Gasteiger partial charge in [0.15, 0.2) is 0 Å². The summed E-state index contributed by atoms with van der Waals surface area (Å²) >= 11 is 9.81. The first kappa shape index (κ1) is 16.5. The Morgan fingerprint density at radius 2 is 2.00 bits per heavy atom. The lowest BCUT2D eigenvalue weighted by molar-refractivity contribution is 0.548. The molecule has 0 aliphatic heterocycles. The molecule has 1 atom stereocenters. The number of nitrogens with one attached hydrogen (secondary N) is 1. The van der Waals surface area contributed by atoms with Gasteiger partial charge >= 0.3 is 0 Å². The molecule has 0 saturated carbocycles. The van der Waals surface area contributed by atoms with Crippen molar-refractivity contribution in [3.8, 4) is 0 Å². The zero-order chi connectivity index (χ0) is 15.4. The van der Waals surface area contributed by atoms with Gasteiger partial charge in [0.05, 0.1) is 0 Å². The third-order valence-corrected chi connectivity index (χ3v) is 4.49. The van der Waals surface area contributed by atoms with Gasteiger partial charge in [-0.1, -0.05) is 52.7 Å². The molecule has 1 unspecified atom stereocenters. The van der Waals surface area contributed by atoms with Crippen LogP contribution in [-0.4, -0.2) is 6.54 Å². The number of rotatable bonds is 5. The van der Waals surface area contributed by atoms with Crippen molar-refractivity contribution in [1.82, 2.24) is 5.32 Å². The number of halogens is 3. The number of hydrogen-bond donors (Lipinski definition) is 1. The number of hydrogen-bond acceptors (Lipinski definition) is 1. The Balaban J connectivity index is 2.30. The van der Waals surface area contributed by atoms with E-state index in [0.717, 1.165) is 39.2 Å². The largest absolute Gasteiger partial charge is 0.310 e. The van der Waals surface area contributed by atoms with Crippen molar-refractivity contribution in [2.75, 3.05) is 6.54 Å². The molecule has 0 fully saturated rings. The van der Waals surface area contributed by atoms with E-state index in [9.17, 15) is 4.39 Å². The van der Waals surface area contributed by atoms with Gasteiger partial charge in [0.1, 0.15) is 5.82 Å². The van der Waals surface area contributed by atoms with E-state index >= 15 is 0 Å². The average molecular weight is 371 g/mol. The summed E-state index contributed by atoms with van der Waals surface area (Å²) in [7, 11) is 0. The minimum absolute atomic E-state index is 0.102. The zero-order valence-corrected chi connectivity index (χ0v) is 14.4. The number of likely N-dealkylation sites (N-methyl/N-ethyl adjacent to an activating group) is 1. The highest BCUT2D eigenvalue weighted by Gasteiger charge is 2.16. The van der Waals surface area contributed by atoms with Gasteiger partial charge in [-0.25, -0.2) is 4.39 Å². The van der Waals surface area contributed by atoms with Crippen LogP contribution in [0.15, 0.2) is 40.9 Å². The quantitative estimate of drug-likeness (QED) is 0.738. The Labute approximate surface area is 138 Å². The second-order valence-electron chi connectivity index (χ2n) is 5.08. The van der Waals surface area contributed by atoms with Gasteiger partial charge in [-0.2, -0.15) is 0 Å². The molecule has 0 aliphatic rings. The predicted molar refractivity (Wildman–Crippen MR) is 90.4 cm³/mol. The first-order valence-electron chi connectivity index (χ1n) is 6.94. The van der Waals surface area contributed by atoms with Crippen molar-refractivity contribution >= 4 is 27.5 Å². The van der Waals surface area contributed by atoms with Crippen molar-refractivity contribution in [2.45, 2.75) is 26.3 Å². The summed E-state index contributed by atoms with van der Waals surface area (Å²) in [4.78, 5) is 0. The molecule has 1 N–H and O–H groups in total. The third-order valence-electron chi connectivity index (χ3n) is 3.42. The molecule has 0 aromatic heterocycles. The van der Waals surface area contributed by atoms with E-state index in [1.165, 1.54) is 12.1 Å². The maximum Gasteiger partial charge on any atom is 0.124 e. The van der Waals surface area contributed by atoms with Gasteiger partial charge < -0.3 is 5.32 Å². The van der Waals surface area contributed by atoms with E-state index in [4.69, 9.17) is 11.6 Å². The molecule has 21 heavy (non-hydrogen) atoms. The Kier molecular flexibility index (Phi) is 5.80. The molecule has 0 aliphatic carbocycles. The molecule has 0 radical (unpaired) electrons. The average Bonchev–Trinajstić information content (AvgIpc) is 2.41. The van der Waals surface area contributed by atoms with Crippen LogP contribution in [0.4, 0.5) is 4.39 Å². The summed E-state index contributed by atoms with van der Waals surface area (Å²) in [5, 5.41) is 4.21. The molecule has 4 heteroatoms. The Hall–Kier alpha value is -0.900. The summed E-state index contributed by atoms with van der Waals surface area (Å²) in [5.74, 6) is -0.237. The summed E-state index contributed by atoms with van der Waals surface area (Å²) in [5.41, 5.74) is 3.27. The second-order valence-corrected chi connectivity index (χ2v) is 6.34. The first-order chi connectivity index (χ1) is 10.0. The van der Waals surface area contributed by atoms with E-state index in [2.05, 4.69) is 40.3 Å². The molecular formula is C17H18BrClFN. The fourth-order valence-electron chi connectivity index (χ4n) is 2.36. The van der Waals surface area contributed by atoms with Gasteiger partial charge in [0, 0.05) is 15.5 Å². The smallest absolute Gasteiger partial charge is 0.124 e. The normalized spacial score (nSPS) is 12.4. The lowest BCUT2D eigenvalue weighted by Gasteiger charge is -2.21. The van der Waals surface area contributed by atoms with Crippen LogP contribution >= 0.6 is 27.5 Å². The molecule has 0 spiro atoms. The fourth-order valence-corrected chi connectivity index (χ4v) is 3.24. The van der Waals surface area contributed by atoms with Gasteiger partial charge in [-0.3, -0.25) is 0 Å². The van der Waals surface area contributed by atoms with Crippen LogP contribution in [0.5, 0.6) is 0 Å². The summed E-state index contributed by atoms with van der Waals surface area (Å²) in [6.07, 6.45) is 0.748. The molecule has 2 aromatic carbocycles. The molecule has 0 saturated heterocycles. The monoisotopic (exact) mass is 369 g/mol. The van der Waals surface area contributed by atoms with Crippen LogP contribution in [0.2, 0.25) is 5.02 Å². The Bertz CT molecular complexity index is 630. The van der Waals surface area contributed by atoms with E-state index in [0.29, 0.717) is 0 Å². The summed E-state index contributed by atoms with van der Waals surface area (Å²) in [6.45, 7) is 4.93. The molecule has 0 heterocycles. The Morgan fingerprint density at radius 3 is 2.62 bits per heavy atom. The first-order valence-corrected chi connectivity index (χ1v) is 8.11. The van der Waals surface area contributed by atoms with Crippen LogP contribution < -0.4 is 5.32 Å². The fraction of sp³-hybridized carbons (Fsp3) is 0.294. The number of aryl methyl sites for hydroxylation is 1. The number of benzene rings is 2. The summed E-state index contributed by atoms with van der Waals surface area (Å²) < 4.78 is 14.0. The van der Waals surface area contributed by atoms with Crippen molar-refractivity contribution in [3.05, 3.63) is 68.4 Å². The minimum Gasteiger partial charge on any atom is -0.310 e. The molecule has 0 bridgehead atoms. The van der Waals surface area contributed by atoms with Crippen LogP contribution in [-0.2, 0) is 6.42 Å². The highest BCUT2D eigenvalue weighted by Crippen LogP contribution is 2.29. The van der Waals surface area contributed by atoms with Gasteiger partial charge in [-0.15, -0.1) is 0 Å². The lowest BCUT2D eigenvalue weighted by Crippen LogP contribution is -2.23. The minimum atomic E-state index is -0.237. The molecular weight excluding hydrogens is 353 g/mol. The SMILES string of the molecule is CCNC(Cc1ccc(F)cc1Br)c1ccc(C)cc1Cl. The molecule has 2 aromatic rings. The van der Waals surface area contributed by atoms with Crippen LogP contribution in [0.25, 0.3) is 0 Å². The van der Waals surface area contributed by atoms with Crippen molar-refractivity contribution in [2.24, 2.45) is 0 Å². The molecule has 2 rings (SSSR count). The predicted octanol–water partition coefficient (Wildman–Crippen LogP) is 5.44. The maximum atomic E-state index is 13.2. The van der Waals surface area contributed by atoms with E-state index in [1.807, 2.05) is 19.1 Å². The van der Waals surface area contributed by atoms with E-state index < -0.39 is 0 Å². The van der Waals surface area contributed by atoms with Crippen molar-refractivity contribution in [3.63, 3.8) is 0 Å². The second kappa shape index (κ2) is 7.39. The standard InChI is InChI=1S/C17H18BrClFN/c1-3-21-17(14-7-4-11(2)8-16(14)19)9-12-5-6-13(20)10-15(12)18/h4-8,10,17,21H,3,9H2,1-2H3. The molecule has 1 nitrogen and oxygen atoms in total. The topological polar surface area (TPSA) is 12.0 Å². The third kappa shape index (κ3) is 4.29. The molecule has 0 amide bonds. The van der Waals surface area contributed by atoms with Gasteiger partial charge in [0.25, 0.3) is 0 Å². The van der Waals surface area contributed by atoms with Crippen molar-refractivity contribution < 1.29 is 4.39 Å². The summed E-state index contributed by atoms with van der Waals surface area (Å²) in [6, 6.07) is 11.0. The van der Waals surface area contributed by atoms with Gasteiger partial charge in [-0.05, 0) is 54.8 Å². The molecule has 112 valence electrons. The highest BCUT2D eigenvalue weighted by atomic mass is 79.9. The van der Waals surface area contributed by atoms with Crippen LogP contribution in [0, 0.1) is 12.7 Å². The highest BCUT2D eigenvalue weighted by molar-refractivity contribution is 9.10. The Morgan fingerprint density at radius 1 is 1.24 bits per heavy atom. The van der Waals surface area contributed by atoms with E-state index in [-0.39, 0.29) is 11.9 Å². The maximum absolute atomic E-state index is 13.2. The zero-order valence-electron chi connectivity index (χ0n) is 12.1. The van der Waals surface area contributed by atoms with Crippen LogP contribution in [0.3, 0.4) is 0 Å². The van der Waals surface area contributed by atoms with Crippen molar-refractivity contribution in [1.29, 1.82) is 0 Å². The van der Waals surface area contributed by atoms with Gasteiger partial charge in [0.2, 0.25) is 0 Å². The lowest BCUT2D eigenvalue weighted by atomic mass is 9.98. The van der Waals surface area contributed by atoms with E-state index in [1.54, 1.807) is 0 Å². The van der Waals surface area contributed by atoms with Crippen LogP contribution in [0.1, 0.15) is 29.7 Å².